The Morgan fingerprint density at radius 3 is 2.67 bits per heavy atom. The van der Waals surface area contributed by atoms with E-state index >= 15 is 0 Å². The molecule has 2 rings (SSSR count). The van der Waals surface area contributed by atoms with Crippen LogP contribution in [-0.4, -0.2) is 66.3 Å². The molecule has 0 aromatic rings. The number of aliphatic hydroxyl groups is 1. The van der Waals surface area contributed by atoms with Gasteiger partial charge in [-0.15, -0.1) is 0 Å². The molecule has 0 radical (unpaired) electrons. The van der Waals surface area contributed by atoms with Gasteiger partial charge in [0.05, 0.1) is 13.7 Å². The van der Waals surface area contributed by atoms with Crippen molar-refractivity contribution < 1.29 is 44.0 Å². The van der Waals surface area contributed by atoms with Gasteiger partial charge in [0.1, 0.15) is 12.2 Å². The Bertz CT molecular complexity index is 702. The zero-order valence-corrected chi connectivity index (χ0v) is 14.8. The van der Waals surface area contributed by atoms with E-state index in [1.165, 1.54) is 27.0 Å². The molecule has 0 saturated carbocycles. The minimum absolute atomic E-state index is 0.0127. The fourth-order valence-electron chi connectivity index (χ4n) is 2.46. The topological polar surface area (TPSA) is 147 Å². The molecule has 13 heteroatoms. The molecular formula is C11H19NO10S2. The van der Waals surface area contributed by atoms with Crippen molar-refractivity contribution in [2.45, 2.75) is 37.9 Å². The van der Waals surface area contributed by atoms with Crippen molar-refractivity contribution in [2.75, 3.05) is 20.3 Å². The molecule has 4 atom stereocenters. The number of allylic oxidation sites excluding steroid dienone is 1. The molecule has 0 aromatic heterocycles. The summed E-state index contributed by atoms with van der Waals surface area (Å²) >= 11 is 0. The first kappa shape index (κ1) is 19.5. The summed E-state index contributed by atoms with van der Waals surface area (Å²) < 4.78 is 73.5. The van der Waals surface area contributed by atoms with Crippen LogP contribution in [0.1, 0.15) is 13.8 Å². The largest absolute Gasteiger partial charge is 0.496 e. The number of rotatable bonds is 6. The highest BCUT2D eigenvalue weighted by Gasteiger charge is 2.61. The van der Waals surface area contributed by atoms with Crippen LogP contribution < -0.4 is 4.72 Å². The van der Waals surface area contributed by atoms with Gasteiger partial charge in [-0.05, 0) is 13.0 Å². The molecule has 0 unspecified atom stereocenters. The van der Waals surface area contributed by atoms with Crippen molar-refractivity contribution in [3.8, 4) is 0 Å². The van der Waals surface area contributed by atoms with Gasteiger partial charge in [-0.1, -0.05) is 6.92 Å². The van der Waals surface area contributed by atoms with Gasteiger partial charge in [0.2, 0.25) is 0 Å². The van der Waals surface area contributed by atoms with Crippen LogP contribution in [0.15, 0.2) is 11.8 Å². The van der Waals surface area contributed by atoms with E-state index in [9.17, 15) is 21.9 Å². The van der Waals surface area contributed by atoms with Gasteiger partial charge in [0.25, 0.3) is 5.79 Å². The van der Waals surface area contributed by atoms with Gasteiger partial charge >= 0.3 is 20.7 Å². The Labute approximate surface area is 140 Å². The summed E-state index contributed by atoms with van der Waals surface area (Å²) in [6.45, 7) is 2.64. The SMILES string of the molecule is CC=C(OC)[C@@]1(O)OC[C@H]2OS(=O)(=O)O[C@H]2[C@@H]1OS(=O)(=O)NCC. The predicted molar refractivity (Wildman–Crippen MR) is 77.8 cm³/mol. The number of nitrogens with one attached hydrogen (secondary N) is 1. The van der Waals surface area contributed by atoms with E-state index in [2.05, 4.69) is 8.91 Å². The summed E-state index contributed by atoms with van der Waals surface area (Å²) in [5, 5.41) is 10.8. The van der Waals surface area contributed by atoms with Crippen LogP contribution >= 0.6 is 0 Å². The average molecular weight is 389 g/mol. The molecule has 0 amide bonds. The number of hydrogen-bond acceptors (Lipinski definition) is 10. The molecule has 2 fully saturated rings. The van der Waals surface area contributed by atoms with Crippen LogP contribution in [0.25, 0.3) is 0 Å². The van der Waals surface area contributed by atoms with Crippen LogP contribution in [0.4, 0.5) is 0 Å². The second-order valence-electron chi connectivity index (χ2n) is 4.94. The lowest BCUT2D eigenvalue weighted by molar-refractivity contribution is -0.291. The van der Waals surface area contributed by atoms with Crippen LogP contribution in [0.2, 0.25) is 0 Å². The molecule has 2 heterocycles. The summed E-state index contributed by atoms with van der Waals surface area (Å²) in [6, 6.07) is 0. The maximum Gasteiger partial charge on any atom is 0.400 e. The highest BCUT2D eigenvalue weighted by atomic mass is 32.3. The first-order valence-corrected chi connectivity index (χ1v) is 9.69. The van der Waals surface area contributed by atoms with Crippen LogP contribution in [0, 0.1) is 0 Å². The average Bonchev–Trinajstić information content (AvgIpc) is 2.78. The van der Waals surface area contributed by atoms with E-state index in [0.29, 0.717) is 0 Å². The van der Waals surface area contributed by atoms with Crippen molar-refractivity contribution in [1.82, 2.24) is 4.72 Å². The number of fused-ring (bicyclic) bond motifs is 1. The van der Waals surface area contributed by atoms with Gasteiger partial charge < -0.3 is 14.6 Å². The molecule has 0 aromatic carbocycles. The van der Waals surface area contributed by atoms with Crippen molar-refractivity contribution in [2.24, 2.45) is 0 Å². The molecule has 2 aliphatic heterocycles. The summed E-state index contributed by atoms with van der Waals surface area (Å²) in [4.78, 5) is 0. The quantitative estimate of drug-likeness (QED) is 0.516. The first-order chi connectivity index (χ1) is 11.1. The minimum atomic E-state index is -4.37. The van der Waals surface area contributed by atoms with Crippen molar-refractivity contribution in [3.05, 3.63) is 11.8 Å². The standard InChI is InChI=1S/C11H19NO10S2/c1-4-8(18-3)11(13)10(22-23(14,15)12-5-2)9-7(6-19-11)20-24(16,17)21-9/h4,7,9-10,12-13H,5-6H2,1-3H3/t7-,9-,10+,11-/m1/s1. The predicted octanol–water partition coefficient (Wildman–Crippen LogP) is -1.48. The second kappa shape index (κ2) is 6.84. The summed E-state index contributed by atoms with van der Waals surface area (Å²) in [7, 11) is -7.47. The molecule has 24 heavy (non-hydrogen) atoms. The zero-order chi connectivity index (χ0) is 18.2. The van der Waals surface area contributed by atoms with E-state index in [0.717, 1.165) is 0 Å². The third kappa shape index (κ3) is 3.72. The molecular weight excluding hydrogens is 370 g/mol. The maximum atomic E-state index is 11.9. The molecule has 11 nitrogen and oxygen atoms in total. The molecule has 0 spiro atoms. The van der Waals surface area contributed by atoms with Gasteiger partial charge in [-0.25, -0.2) is 12.5 Å². The molecule has 2 N–H and O–H groups in total. The Morgan fingerprint density at radius 1 is 1.46 bits per heavy atom. The fourth-order valence-corrected chi connectivity index (χ4v) is 4.40. The monoisotopic (exact) mass is 389 g/mol. The third-order valence-electron chi connectivity index (χ3n) is 3.38. The lowest BCUT2D eigenvalue weighted by atomic mass is 9.95. The molecule has 2 aliphatic rings. The van der Waals surface area contributed by atoms with E-state index in [1.54, 1.807) is 0 Å². The number of methoxy groups -OCH3 is 1. The van der Waals surface area contributed by atoms with Crippen molar-refractivity contribution in [3.63, 3.8) is 0 Å². The van der Waals surface area contributed by atoms with Gasteiger partial charge in [0.15, 0.2) is 11.9 Å². The molecule has 0 aliphatic carbocycles. The lowest BCUT2D eigenvalue weighted by Gasteiger charge is -2.42. The smallest absolute Gasteiger partial charge is 0.400 e. The van der Waals surface area contributed by atoms with Crippen LogP contribution in [0.3, 0.4) is 0 Å². The Morgan fingerprint density at radius 2 is 2.12 bits per heavy atom. The van der Waals surface area contributed by atoms with Gasteiger partial charge in [-0.2, -0.15) is 21.6 Å². The van der Waals surface area contributed by atoms with E-state index in [-0.39, 0.29) is 18.9 Å². The fraction of sp³-hybridized carbons (Fsp3) is 0.818. The molecule has 2 saturated heterocycles. The third-order valence-corrected chi connectivity index (χ3v) is 5.42. The van der Waals surface area contributed by atoms with Crippen molar-refractivity contribution >= 4 is 20.7 Å². The minimum Gasteiger partial charge on any atom is -0.496 e. The second-order valence-corrected chi connectivity index (χ2v) is 7.53. The normalized spacial score (nSPS) is 36.3. The first-order valence-electron chi connectivity index (χ1n) is 6.95. The Balaban J connectivity index is 2.45. The number of ether oxygens (including phenoxy) is 2. The molecule has 0 bridgehead atoms. The van der Waals surface area contributed by atoms with E-state index < -0.39 is 44.8 Å². The summed E-state index contributed by atoms with van der Waals surface area (Å²) in [5.74, 6) is -2.57. The highest BCUT2D eigenvalue weighted by molar-refractivity contribution is 7.84. The summed E-state index contributed by atoms with van der Waals surface area (Å²) in [6.07, 6.45) is -3.09. The van der Waals surface area contributed by atoms with Crippen molar-refractivity contribution in [1.29, 1.82) is 0 Å². The summed E-state index contributed by atoms with van der Waals surface area (Å²) in [5.41, 5.74) is 0. The zero-order valence-electron chi connectivity index (χ0n) is 13.2. The van der Waals surface area contributed by atoms with Gasteiger partial charge in [-0.3, -0.25) is 0 Å². The van der Waals surface area contributed by atoms with Crippen LogP contribution in [0.5, 0.6) is 0 Å². The van der Waals surface area contributed by atoms with E-state index in [4.69, 9.17) is 17.8 Å². The number of hydrogen-bond donors (Lipinski definition) is 2. The maximum absolute atomic E-state index is 11.9. The van der Waals surface area contributed by atoms with E-state index in [1.807, 2.05) is 0 Å². The molecule has 140 valence electrons. The Kier molecular flexibility index (Phi) is 5.56. The Hall–Kier alpha value is -0.800. The van der Waals surface area contributed by atoms with Gasteiger partial charge in [0, 0.05) is 6.54 Å². The van der Waals surface area contributed by atoms with Crippen LogP contribution in [-0.2, 0) is 42.7 Å². The highest BCUT2D eigenvalue weighted by Crippen LogP contribution is 2.39. The lowest BCUT2D eigenvalue weighted by Crippen LogP contribution is -2.63.